The number of carbonyl (C=O) groups excluding carboxylic acids is 2. The van der Waals surface area contributed by atoms with Crippen molar-refractivity contribution in [1.29, 1.82) is 0 Å². The predicted octanol–water partition coefficient (Wildman–Crippen LogP) is 4.27. The molecule has 3 aromatic rings. The average molecular weight is 446 g/mol. The van der Waals surface area contributed by atoms with Gasteiger partial charge in [-0.15, -0.1) is 0 Å². The minimum atomic E-state index is -0.984. The van der Waals surface area contributed by atoms with Crippen LogP contribution >= 0.6 is 11.6 Å². The SMILES string of the molecule is CC(OC(=O)CCc1nc(-c2ccc(Cl)cc2)no1)C(=O)NC(C)c1ccc(F)cc1. The summed E-state index contributed by atoms with van der Waals surface area (Å²) in [6.45, 7) is 3.24. The van der Waals surface area contributed by atoms with Gasteiger partial charge < -0.3 is 14.6 Å². The van der Waals surface area contributed by atoms with Gasteiger partial charge in [0, 0.05) is 17.0 Å². The Hall–Kier alpha value is -3.26. The Kier molecular flexibility index (Phi) is 7.36. The van der Waals surface area contributed by atoms with E-state index in [1.54, 1.807) is 43.3 Å². The van der Waals surface area contributed by atoms with Gasteiger partial charge in [-0.25, -0.2) is 4.39 Å². The molecule has 2 aromatic carbocycles. The van der Waals surface area contributed by atoms with E-state index in [1.165, 1.54) is 19.1 Å². The smallest absolute Gasteiger partial charge is 0.307 e. The van der Waals surface area contributed by atoms with Crippen LogP contribution in [0.1, 0.15) is 37.8 Å². The van der Waals surface area contributed by atoms with Crippen molar-refractivity contribution in [3.05, 3.63) is 70.8 Å². The van der Waals surface area contributed by atoms with Crippen LogP contribution in [0.25, 0.3) is 11.4 Å². The Morgan fingerprint density at radius 3 is 2.48 bits per heavy atom. The number of hydrogen-bond donors (Lipinski definition) is 1. The summed E-state index contributed by atoms with van der Waals surface area (Å²) in [6, 6.07) is 12.4. The molecule has 9 heteroatoms. The summed E-state index contributed by atoms with van der Waals surface area (Å²) in [7, 11) is 0. The van der Waals surface area contributed by atoms with Crippen LogP contribution in [0.5, 0.6) is 0 Å². The fourth-order valence-electron chi connectivity index (χ4n) is 2.76. The highest BCUT2D eigenvalue weighted by Crippen LogP contribution is 2.19. The third-order valence-corrected chi connectivity index (χ3v) is 4.77. The second kappa shape index (κ2) is 10.2. The van der Waals surface area contributed by atoms with E-state index in [4.69, 9.17) is 20.9 Å². The molecule has 31 heavy (non-hydrogen) atoms. The van der Waals surface area contributed by atoms with Crippen molar-refractivity contribution in [1.82, 2.24) is 15.5 Å². The maximum absolute atomic E-state index is 13.0. The lowest BCUT2D eigenvalue weighted by Crippen LogP contribution is -2.37. The van der Waals surface area contributed by atoms with Crippen molar-refractivity contribution >= 4 is 23.5 Å². The highest BCUT2D eigenvalue weighted by atomic mass is 35.5. The summed E-state index contributed by atoms with van der Waals surface area (Å²) in [6.07, 6.45) is -0.824. The molecule has 1 aromatic heterocycles. The third-order valence-electron chi connectivity index (χ3n) is 4.52. The van der Waals surface area contributed by atoms with Gasteiger partial charge in [0.2, 0.25) is 11.7 Å². The number of esters is 1. The van der Waals surface area contributed by atoms with Crippen molar-refractivity contribution in [3.63, 3.8) is 0 Å². The summed E-state index contributed by atoms with van der Waals surface area (Å²) in [5, 5.41) is 7.21. The van der Waals surface area contributed by atoms with Crippen molar-refractivity contribution < 1.29 is 23.2 Å². The molecule has 162 valence electrons. The zero-order chi connectivity index (χ0) is 22.4. The normalized spacial score (nSPS) is 12.8. The molecular weight excluding hydrogens is 425 g/mol. The van der Waals surface area contributed by atoms with Gasteiger partial charge in [0.05, 0.1) is 12.5 Å². The standard InChI is InChI=1S/C22H21ClFN3O4/c1-13(15-5-9-18(24)10-6-15)25-22(29)14(2)30-20(28)12-11-19-26-21(27-31-19)16-3-7-17(23)8-4-16/h3-10,13-14H,11-12H2,1-2H3,(H,25,29). The molecule has 0 aliphatic carbocycles. The molecule has 0 radical (unpaired) electrons. The molecule has 0 bridgehead atoms. The maximum Gasteiger partial charge on any atom is 0.307 e. The lowest BCUT2D eigenvalue weighted by atomic mass is 10.1. The monoisotopic (exact) mass is 445 g/mol. The Morgan fingerprint density at radius 1 is 1.13 bits per heavy atom. The van der Waals surface area contributed by atoms with Crippen LogP contribution in [0, 0.1) is 5.82 Å². The summed E-state index contributed by atoms with van der Waals surface area (Å²) < 4.78 is 23.4. The van der Waals surface area contributed by atoms with Gasteiger partial charge in [0.15, 0.2) is 6.10 Å². The summed E-state index contributed by atoms with van der Waals surface area (Å²) in [5.41, 5.74) is 1.48. The number of hydrogen-bond acceptors (Lipinski definition) is 6. The zero-order valence-corrected chi connectivity index (χ0v) is 17.7. The number of aromatic nitrogens is 2. The minimum absolute atomic E-state index is 0.0204. The summed E-state index contributed by atoms with van der Waals surface area (Å²) in [4.78, 5) is 28.6. The van der Waals surface area contributed by atoms with Crippen molar-refractivity contribution in [2.45, 2.75) is 38.8 Å². The number of nitrogens with zero attached hydrogens (tertiary/aromatic N) is 2. The number of nitrogens with one attached hydrogen (secondary N) is 1. The number of carbonyl (C=O) groups is 2. The van der Waals surface area contributed by atoms with E-state index in [0.717, 1.165) is 11.1 Å². The van der Waals surface area contributed by atoms with Gasteiger partial charge in [-0.3, -0.25) is 9.59 Å². The molecule has 0 aliphatic heterocycles. The number of halogens is 2. The number of aryl methyl sites for hydroxylation is 1. The molecule has 0 saturated heterocycles. The van der Waals surface area contributed by atoms with Gasteiger partial charge in [-0.1, -0.05) is 28.9 Å². The molecule has 1 amide bonds. The number of ether oxygens (including phenoxy) is 1. The maximum atomic E-state index is 13.0. The molecule has 0 spiro atoms. The fraction of sp³-hybridized carbons (Fsp3) is 0.273. The first-order valence-corrected chi connectivity index (χ1v) is 10.0. The van der Waals surface area contributed by atoms with Crippen LogP contribution in [0.3, 0.4) is 0 Å². The molecule has 0 aliphatic rings. The molecule has 3 rings (SSSR count). The van der Waals surface area contributed by atoms with Crippen LogP contribution in [0.2, 0.25) is 5.02 Å². The molecule has 1 N–H and O–H groups in total. The van der Waals surface area contributed by atoms with E-state index in [0.29, 0.717) is 10.8 Å². The molecule has 0 saturated carbocycles. The van der Waals surface area contributed by atoms with Crippen LogP contribution in [0.15, 0.2) is 53.1 Å². The Balaban J connectivity index is 1.46. The summed E-state index contributed by atoms with van der Waals surface area (Å²) >= 11 is 5.86. The molecule has 1 heterocycles. The van der Waals surface area contributed by atoms with Crippen molar-refractivity contribution in [2.24, 2.45) is 0 Å². The largest absolute Gasteiger partial charge is 0.453 e. The van der Waals surface area contributed by atoms with Crippen LogP contribution < -0.4 is 5.32 Å². The number of benzene rings is 2. The van der Waals surface area contributed by atoms with Gasteiger partial charge in [0.25, 0.3) is 5.91 Å². The van der Waals surface area contributed by atoms with E-state index >= 15 is 0 Å². The Bertz CT molecular complexity index is 1040. The molecule has 0 fully saturated rings. The first kappa shape index (κ1) is 22.4. The van der Waals surface area contributed by atoms with Gasteiger partial charge in [0.1, 0.15) is 5.82 Å². The molecule has 2 unspecified atom stereocenters. The molecule has 2 atom stereocenters. The first-order valence-electron chi connectivity index (χ1n) is 9.65. The highest BCUT2D eigenvalue weighted by Gasteiger charge is 2.20. The first-order chi connectivity index (χ1) is 14.8. The topological polar surface area (TPSA) is 94.3 Å². The van der Waals surface area contributed by atoms with Crippen molar-refractivity contribution in [2.75, 3.05) is 0 Å². The summed E-state index contributed by atoms with van der Waals surface area (Å²) in [5.74, 6) is -0.700. The van der Waals surface area contributed by atoms with E-state index in [9.17, 15) is 14.0 Å². The minimum Gasteiger partial charge on any atom is -0.453 e. The van der Waals surface area contributed by atoms with Gasteiger partial charge >= 0.3 is 5.97 Å². The van der Waals surface area contributed by atoms with Crippen LogP contribution in [0.4, 0.5) is 4.39 Å². The van der Waals surface area contributed by atoms with Crippen LogP contribution in [-0.4, -0.2) is 28.1 Å². The zero-order valence-electron chi connectivity index (χ0n) is 17.0. The highest BCUT2D eigenvalue weighted by molar-refractivity contribution is 6.30. The van der Waals surface area contributed by atoms with Gasteiger partial charge in [-0.05, 0) is 55.8 Å². The lowest BCUT2D eigenvalue weighted by Gasteiger charge is -2.18. The second-order valence-corrected chi connectivity index (χ2v) is 7.37. The quantitative estimate of drug-likeness (QED) is 0.520. The molecular formula is C22H21ClFN3O4. The Morgan fingerprint density at radius 2 is 1.81 bits per heavy atom. The predicted molar refractivity (Wildman–Crippen MR) is 112 cm³/mol. The lowest BCUT2D eigenvalue weighted by molar-refractivity contribution is -0.155. The van der Waals surface area contributed by atoms with E-state index in [2.05, 4.69) is 15.5 Å². The third kappa shape index (κ3) is 6.36. The van der Waals surface area contributed by atoms with E-state index < -0.39 is 18.0 Å². The number of rotatable bonds is 8. The van der Waals surface area contributed by atoms with E-state index in [-0.39, 0.29) is 30.6 Å². The molecule has 7 nitrogen and oxygen atoms in total. The van der Waals surface area contributed by atoms with Crippen LogP contribution in [-0.2, 0) is 20.7 Å². The fourth-order valence-corrected chi connectivity index (χ4v) is 2.88. The second-order valence-electron chi connectivity index (χ2n) is 6.93. The van der Waals surface area contributed by atoms with Gasteiger partial charge in [-0.2, -0.15) is 4.98 Å². The number of amides is 1. The van der Waals surface area contributed by atoms with E-state index in [1.807, 2.05) is 0 Å². The Labute approximate surface area is 183 Å². The average Bonchev–Trinajstić information content (AvgIpc) is 3.22. The van der Waals surface area contributed by atoms with Crippen molar-refractivity contribution in [3.8, 4) is 11.4 Å².